The van der Waals surface area contributed by atoms with E-state index < -0.39 is 18.9 Å². The highest BCUT2D eigenvalue weighted by atomic mass is 79.9. The van der Waals surface area contributed by atoms with Crippen LogP contribution in [0.5, 0.6) is 5.75 Å². The van der Waals surface area contributed by atoms with Gasteiger partial charge in [-0.25, -0.2) is 8.78 Å². The number of hydrogen-bond acceptors (Lipinski definition) is 3. The van der Waals surface area contributed by atoms with Crippen LogP contribution in [0.25, 0.3) is 6.08 Å². The van der Waals surface area contributed by atoms with Gasteiger partial charge in [-0.05, 0) is 24.3 Å². The number of aliphatic hydroxyl groups excluding tert-OH is 1. The second kappa shape index (κ2) is 8.74. The summed E-state index contributed by atoms with van der Waals surface area (Å²) in [5.74, 6) is -0.0313. The lowest BCUT2D eigenvalue weighted by Gasteiger charge is -2.19. The van der Waals surface area contributed by atoms with Gasteiger partial charge in [-0.3, -0.25) is 4.79 Å². The van der Waals surface area contributed by atoms with Crippen LogP contribution in [0.2, 0.25) is 0 Å². The Labute approximate surface area is 130 Å². The number of amides is 1. The highest BCUT2D eigenvalue weighted by Gasteiger charge is 2.15. The van der Waals surface area contributed by atoms with E-state index in [1.165, 1.54) is 19.3 Å². The van der Waals surface area contributed by atoms with Crippen LogP contribution < -0.4 is 4.74 Å². The fourth-order valence-electron chi connectivity index (χ4n) is 1.68. The zero-order valence-electron chi connectivity index (χ0n) is 11.4. The number of carbonyl (C=O) groups excluding carboxylic acids is 1. The number of alkyl halides is 2. The van der Waals surface area contributed by atoms with Crippen molar-refractivity contribution >= 4 is 27.9 Å². The molecule has 0 saturated heterocycles. The Balaban J connectivity index is 2.86. The Morgan fingerprint density at radius 3 is 2.81 bits per heavy atom. The molecule has 21 heavy (non-hydrogen) atoms. The summed E-state index contributed by atoms with van der Waals surface area (Å²) in [4.78, 5) is 12.8. The van der Waals surface area contributed by atoms with Crippen LogP contribution in [0.1, 0.15) is 5.56 Å². The molecule has 1 aromatic rings. The number of halogens is 3. The van der Waals surface area contributed by atoms with Crippen molar-refractivity contribution in [3.05, 3.63) is 34.3 Å². The van der Waals surface area contributed by atoms with E-state index in [4.69, 9.17) is 9.84 Å². The lowest BCUT2D eigenvalue weighted by molar-refractivity contribution is -0.128. The van der Waals surface area contributed by atoms with E-state index in [2.05, 4.69) is 15.9 Å². The van der Waals surface area contributed by atoms with Crippen molar-refractivity contribution in [1.29, 1.82) is 0 Å². The quantitative estimate of drug-likeness (QED) is 0.757. The maximum atomic E-state index is 12.4. The lowest BCUT2D eigenvalue weighted by atomic mass is 10.2. The van der Waals surface area contributed by atoms with Gasteiger partial charge < -0.3 is 14.7 Å². The molecule has 0 aliphatic heterocycles. The molecule has 0 atom stereocenters. The average Bonchev–Trinajstić information content (AvgIpc) is 2.44. The van der Waals surface area contributed by atoms with Crippen molar-refractivity contribution in [3.8, 4) is 5.75 Å². The molecule has 7 heteroatoms. The second-order valence-electron chi connectivity index (χ2n) is 4.12. The molecule has 0 aromatic heterocycles. The van der Waals surface area contributed by atoms with Crippen molar-refractivity contribution in [2.24, 2.45) is 0 Å². The van der Waals surface area contributed by atoms with Crippen molar-refractivity contribution in [2.75, 3.05) is 26.8 Å². The fraction of sp³-hybridized carbons (Fsp3) is 0.357. The second-order valence-corrected chi connectivity index (χ2v) is 5.03. The zero-order chi connectivity index (χ0) is 15.8. The van der Waals surface area contributed by atoms with Crippen LogP contribution in [-0.2, 0) is 4.79 Å². The fourth-order valence-corrected chi connectivity index (χ4v) is 2.06. The minimum atomic E-state index is -2.64. The topological polar surface area (TPSA) is 49.8 Å². The molecule has 1 amide bonds. The third-order valence-corrected chi connectivity index (χ3v) is 3.13. The molecule has 0 heterocycles. The summed E-state index contributed by atoms with van der Waals surface area (Å²) < 4.78 is 30.7. The molecule has 1 aromatic carbocycles. The highest BCUT2D eigenvalue weighted by Crippen LogP contribution is 2.24. The van der Waals surface area contributed by atoms with E-state index in [0.29, 0.717) is 11.3 Å². The number of methoxy groups -OCH3 is 1. The van der Waals surface area contributed by atoms with E-state index in [1.54, 1.807) is 18.2 Å². The molecule has 1 N–H and O–H groups in total. The molecular formula is C14H16BrF2NO3. The predicted molar refractivity (Wildman–Crippen MR) is 79.4 cm³/mol. The molecule has 0 saturated carbocycles. The standard InChI is InChI=1S/C14H16BrF2NO3/c1-21-12-4-3-11(15)8-10(12)2-5-14(20)18(6-7-19)9-13(16)17/h2-5,8,13,19H,6-7,9H2,1H3/b5-2+. The number of hydrogen-bond donors (Lipinski definition) is 1. The number of aliphatic hydroxyl groups is 1. The first-order valence-electron chi connectivity index (χ1n) is 6.17. The minimum Gasteiger partial charge on any atom is -0.496 e. The lowest BCUT2D eigenvalue weighted by Crippen LogP contribution is -2.36. The molecule has 1 rings (SSSR count). The molecule has 0 bridgehead atoms. The zero-order valence-corrected chi connectivity index (χ0v) is 13.0. The van der Waals surface area contributed by atoms with Gasteiger partial charge in [-0.2, -0.15) is 0 Å². The van der Waals surface area contributed by atoms with Crippen LogP contribution in [0.15, 0.2) is 28.7 Å². The number of carbonyl (C=O) groups is 1. The van der Waals surface area contributed by atoms with Crippen molar-refractivity contribution < 1.29 is 23.4 Å². The largest absolute Gasteiger partial charge is 0.496 e. The summed E-state index contributed by atoms with van der Waals surface area (Å²) in [6.45, 7) is -1.21. The Morgan fingerprint density at radius 1 is 1.52 bits per heavy atom. The first-order valence-corrected chi connectivity index (χ1v) is 6.96. The molecule has 0 spiro atoms. The number of rotatable bonds is 7. The summed E-state index contributed by atoms with van der Waals surface area (Å²) >= 11 is 3.30. The van der Waals surface area contributed by atoms with E-state index >= 15 is 0 Å². The Morgan fingerprint density at radius 2 is 2.24 bits per heavy atom. The smallest absolute Gasteiger partial charge is 0.255 e. The van der Waals surface area contributed by atoms with Gasteiger partial charge in [0, 0.05) is 22.7 Å². The van der Waals surface area contributed by atoms with Crippen LogP contribution in [-0.4, -0.2) is 49.1 Å². The summed E-state index contributed by atoms with van der Waals surface area (Å²) in [6, 6.07) is 5.25. The number of nitrogens with zero attached hydrogens (tertiary/aromatic N) is 1. The van der Waals surface area contributed by atoms with Gasteiger partial charge in [-0.15, -0.1) is 0 Å². The van der Waals surface area contributed by atoms with Crippen molar-refractivity contribution in [3.63, 3.8) is 0 Å². The molecule has 0 radical (unpaired) electrons. The van der Waals surface area contributed by atoms with E-state index in [9.17, 15) is 13.6 Å². The molecule has 0 unspecified atom stereocenters. The molecule has 0 aliphatic carbocycles. The first-order chi connectivity index (χ1) is 9.97. The van der Waals surface area contributed by atoms with Crippen molar-refractivity contribution in [2.45, 2.75) is 6.43 Å². The van der Waals surface area contributed by atoms with Crippen LogP contribution in [0.4, 0.5) is 8.78 Å². The summed E-state index contributed by atoms with van der Waals surface area (Å²) in [6.07, 6.45) is 0.0266. The SMILES string of the molecule is COc1ccc(Br)cc1/C=C/C(=O)N(CCO)CC(F)F. The number of benzene rings is 1. The Bertz CT molecular complexity index is 509. The average molecular weight is 364 g/mol. The van der Waals surface area contributed by atoms with Gasteiger partial charge in [0.05, 0.1) is 20.3 Å². The van der Waals surface area contributed by atoms with E-state index in [0.717, 1.165) is 9.37 Å². The summed E-state index contributed by atoms with van der Waals surface area (Å²) in [5.41, 5.74) is 0.640. The monoisotopic (exact) mass is 363 g/mol. The minimum absolute atomic E-state index is 0.136. The number of ether oxygens (including phenoxy) is 1. The van der Waals surface area contributed by atoms with Crippen LogP contribution in [0.3, 0.4) is 0 Å². The third-order valence-electron chi connectivity index (χ3n) is 2.64. The summed E-state index contributed by atoms with van der Waals surface area (Å²) in [5, 5.41) is 8.81. The third kappa shape index (κ3) is 5.81. The maximum Gasteiger partial charge on any atom is 0.255 e. The predicted octanol–water partition coefficient (Wildman–Crippen LogP) is 2.56. The normalized spacial score (nSPS) is 11.1. The van der Waals surface area contributed by atoms with Gasteiger partial charge in [-0.1, -0.05) is 15.9 Å². The maximum absolute atomic E-state index is 12.4. The van der Waals surface area contributed by atoms with Crippen molar-refractivity contribution in [1.82, 2.24) is 4.90 Å². The summed E-state index contributed by atoms with van der Waals surface area (Å²) in [7, 11) is 1.50. The van der Waals surface area contributed by atoms with E-state index in [1.807, 2.05) is 0 Å². The Hall–Kier alpha value is -1.47. The van der Waals surface area contributed by atoms with Gasteiger partial charge in [0.2, 0.25) is 5.91 Å². The molecule has 0 fully saturated rings. The van der Waals surface area contributed by atoms with Gasteiger partial charge in [0.15, 0.2) is 0 Å². The first kappa shape index (κ1) is 17.6. The molecule has 116 valence electrons. The van der Waals surface area contributed by atoms with Crippen LogP contribution >= 0.6 is 15.9 Å². The van der Waals surface area contributed by atoms with E-state index in [-0.39, 0.29) is 13.2 Å². The van der Waals surface area contributed by atoms with Gasteiger partial charge in [0.1, 0.15) is 5.75 Å². The highest BCUT2D eigenvalue weighted by molar-refractivity contribution is 9.10. The molecule has 4 nitrogen and oxygen atoms in total. The van der Waals surface area contributed by atoms with Crippen LogP contribution in [0, 0.1) is 0 Å². The molecule has 0 aliphatic rings. The van der Waals surface area contributed by atoms with Gasteiger partial charge in [0.25, 0.3) is 6.43 Å². The molecular weight excluding hydrogens is 348 g/mol. The van der Waals surface area contributed by atoms with Gasteiger partial charge >= 0.3 is 0 Å². The Kier molecular flexibility index (Phi) is 7.31.